The van der Waals surface area contributed by atoms with Gasteiger partial charge in [-0.05, 0) is 66.6 Å². The van der Waals surface area contributed by atoms with Crippen molar-refractivity contribution in [1.29, 1.82) is 0 Å². The number of aryl methyl sites for hydroxylation is 1. The molecule has 0 spiro atoms. The van der Waals surface area contributed by atoms with Crippen LogP contribution in [0.5, 0.6) is 0 Å². The van der Waals surface area contributed by atoms with Crippen LogP contribution in [-0.2, 0) is 39.2 Å². The van der Waals surface area contributed by atoms with Crippen molar-refractivity contribution in [3.63, 3.8) is 0 Å². The highest BCUT2D eigenvalue weighted by Gasteiger charge is 2.27. The lowest BCUT2D eigenvalue weighted by Gasteiger charge is -2.22. The van der Waals surface area contributed by atoms with Crippen LogP contribution in [0.15, 0.2) is 93.3 Å². The molecular weight excluding hydrogens is 623 g/mol. The predicted molar refractivity (Wildman–Crippen MR) is 162 cm³/mol. The third-order valence-electron chi connectivity index (χ3n) is 5.97. The number of nitrogens with one attached hydrogen (secondary N) is 2. The van der Waals surface area contributed by atoms with Crippen LogP contribution in [0.1, 0.15) is 28.2 Å². The molecule has 218 valence electrons. The molecule has 2 N–H and O–H groups in total. The Labute approximate surface area is 258 Å². The number of benzene rings is 3. The zero-order chi connectivity index (χ0) is 30.3. The van der Waals surface area contributed by atoms with Crippen molar-refractivity contribution in [2.24, 2.45) is 5.10 Å². The molecule has 4 aromatic rings. The van der Waals surface area contributed by atoms with E-state index in [0.717, 1.165) is 11.1 Å². The lowest BCUT2D eigenvalue weighted by Crippen LogP contribution is -2.37. The first-order chi connectivity index (χ1) is 20.0. The number of rotatable bonds is 10. The Morgan fingerprint density at radius 2 is 1.57 bits per heavy atom. The van der Waals surface area contributed by atoms with E-state index in [4.69, 9.17) is 39.2 Å². The van der Waals surface area contributed by atoms with E-state index in [0.29, 0.717) is 26.4 Å². The first-order valence-corrected chi connectivity index (χ1v) is 15.0. The second-order valence-corrected chi connectivity index (χ2v) is 12.4. The van der Waals surface area contributed by atoms with Gasteiger partial charge in [-0.2, -0.15) is 9.41 Å². The summed E-state index contributed by atoms with van der Waals surface area (Å²) in [5.41, 5.74) is 4.37. The van der Waals surface area contributed by atoms with Gasteiger partial charge in [0.2, 0.25) is 10.0 Å². The summed E-state index contributed by atoms with van der Waals surface area (Å²) in [6.45, 7) is 1.84. The molecule has 0 aliphatic rings. The highest BCUT2D eigenvalue weighted by atomic mass is 35.5. The number of nitrogens with zero attached hydrogens (tertiary/aromatic N) is 2. The molecule has 0 unspecified atom stereocenters. The Bertz CT molecular complexity index is 1710. The average Bonchev–Trinajstić information content (AvgIpc) is 3.40. The number of furan rings is 1. The zero-order valence-corrected chi connectivity index (χ0v) is 25.3. The third kappa shape index (κ3) is 8.43. The fourth-order valence-electron chi connectivity index (χ4n) is 3.72. The van der Waals surface area contributed by atoms with E-state index in [1.807, 2.05) is 6.92 Å². The molecule has 1 heterocycles. The minimum absolute atomic E-state index is 0.0441. The molecule has 1 aromatic heterocycles. The van der Waals surface area contributed by atoms with Gasteiger partial charge in [0.15, 0.2) is 0 Å². The van der Waals surface area contributed by atoms with Crippen LogP contribution in [-0.4, -0.2) is 30.8 Å². The molecule has 0 bridgehead atoms. The minimum atomic E-state index is -3.96. The number of amides is 2. The standard InChI is InChI=1S/C29H25Cl3N4O5S/c1-19-2-12-26(13-3-19)42(39,40)36(17-21-6-9-23(31)14-27(21)32)18-25-11-10-24(41-25)16-34-35-29(38)28(37)33-15-20-4-7-22(30)8-5-20/h2-14,16H,15,17-18H2,1H3,(H,33,37)(H,35,38)/b34-16+. The van der Waals surface area contributed by atoms with Crippen molar-refractivity contribution in [3.8, 4) is 0 Å². The molecule has 3 aromatic carbocycles. The number of hydrogen-bond donors (Lipinski definition) is 2. The van der Waals surface area contributed by atoms with Crippen molar-refractivity contribution in [2.45, 2.75) is 31.5 Å². The summed E-state index contributed by atoms with van der Waals surface area (Å²) in [6.07, 6.45) is 1.20. The van der Waals surface area contributed by atoms with Crippen LogP contribution in [0.2, 0.25) is 15.1 Å². The maximum atomic E-state index is 13.6. The quantitative estimate of drug-likeness (QED) is 0.130. The van der Waals surface area contributed by atoms with E-state index in [1.165, 1.54) is 22.7 Å². The van der Waals surface area contributed by atoms with Gasteiger partial charge in [-0.1, -0.05) is 70.7 Å². The molecule has 0 aliphatic heterocycles. The van der Waals surface area contributed by atoms with E-state index in [9.17, 15) is 18.0 Å². The van der Waals surface area contributed by atoms with Crippen molar-refractivity contribution >= 4 is 62.9 Å². The number of hydrogen-bond acceptors (Lipinski definition) is 6. The Hall–Kier alpha value is -3.67. The molecule has 0 saturated carbocycles. The van der Waals surface area contributed by atoms with Gasteiger partial charge in [-0.3, -0.25) is 9.59 Å². The Morgan fingerprint density at radius 3 is 2.26 bits per heavy atom. The Balaban J connectivity index is 1.42. The normalized spacial score (nSPS) is 11.6. The molecule has 0 fully saturated rings. The van der Waals surface area contributed by atoms with Gasteiger partial charge in [0.25, 0.3) is 0 Å². The molecule has 0 radical (unpaired) electrons. The zero-order valence-electron chi connectivity index (χ0n) is 22.2. The highest BCUT2D eigenvalue weighted by Crippen LogP contribution is 2.27. The van der Waals surface area contributed by atoms with Gasteiger partial charge in [-0.25, -0.2) is 13.8 Å². The maximum absolute atomic E-state index is 13.6. The fourth-order valence-corrected chi connectivity index (χ4v) is 5.70. The largest absolute Gasteiger partial charge is 0.459 e. The molecule has 0 atom stereocenters. The predicted octanol–water partition coefficient (Wildman–Crippen LogP) is 5.71. The molecule has 13 heteroatoms. The highest BCUT2D eigenvalue weighted by molar-refractivity contribution is 7.89. The van der Waals surface area contributed by atoms with E-state index in [-0.39, 0.29) is 30.3 Å². The van der Waals surface area contributed by atoms with E-state index in [1.54, 1.807) is 66.7 Å². The monoisotopic (exact) mass is 646 g/mol. The lowest BCUT2D eigenvalue weighted by atomic mass is 10.2. The molecular formula is C29H25Cl3N4O5S. The fraction of sp³-hybridized carbons (Fsp3) is 0.138. The molecule has 9 nitrogen and oxygen atoms in total. The Kier molecular flexibility index (Phi) is 10.4. The molecule has 42 heavy (non-hydrogen) atoms. The van der Waals surface area contributed by atoms with Crippen molar-refractivity contribution in [3.05, 3.63) is 122 Å². The third-order valence-corrected chi connectivity index (χ3v) is 8.61. The van der Waals surface area contributed by atoms with Crippen LogP contribution >= 0.6 is 34.8 Å². The summed E-state index contributed by atoms with van der Waals surface area (Å²) in [7, 11) is -3.96. The smallest absolute Gasteiger partial charge is 0.329 e. The number of hydrazone groups is 1. The first-order valence-electron chi connectivity index (χ1n) is 12.5. The topological polar surface area (TPSA) is 121 Å². The maximum Gasteiger partial charge on any atom is 0.329 e. The number of carbonyl (C=O) groups excluding carboxylic acids is 2. The van der Waals surface area contributed by atoms with Crippen LogP contribution in [0.3, 0.4) is 0 Å². The lowest BCUT2D eigenvalue weighted by molar-refractivity contribution is -0.139. The summed E-state index contributed by atoms with van der Waals surface area (Å²) in [6, 6.07) is 21.3. The molecule has 0 saturated heterocycles. The number of halogens is 3. The van der Waals surface area contributed by atoms with Gasteiger partial charge in [0.1, 0.15) is 11.5 Å². The van der Waals surface area contributed by atoms with Gasteiger partial charge < -0.3 is 9.73 Å². The van der Waals surface area contributed by atoms with Crippen molar-refractivity contribution in [1.82, 2.24) is 15.0 Å². The van der Waals surface area contributed by atoms with Gasteiger partial charge in [0.05, 0.1) is 17.7 Å². The number of sulfonamides is 1. The molecule has 0 aliphatic carbocycles. The van der Waals surface area contributed by atoms with Gasteiger partial charge in [-0.15, -0.1) is 0 Å². The first kappa shape index (κ1) is 31.3. The van der Waals surface area contributed by atoms with Crippen LogP contribution in [0, 0.1) is 6.92 Å². The van der Waals surface area contributed by atoms with Crippen molar-refractivity contribution < 1.29 is 22.4 Å². The number of carbonyl (C=O) groups is 2. The van der Waals surface area contributed by atoms with Gasteiger partial charge >= 0.3 is 11.8 Å². The van der Waals surface area contributed by atoms with E-state index < -0.39 is 21.8 Å². The summed E-state index contributed by atoms with van der Waals surface area (Å²) in [4.78, 5) is 24.2. The Morgan fingerprint density at radius 1 is 0.881 bits per heavy atom. The summed E-state index contributed by atoms with van der Waals surface area (Å²) >= 11 is 18.2. The summed E-state index contributed by atoms with van der Waals surface area (Å²) < 4.78 is 34.2. The van der Waals surface area contributed by atoms with Gasteiger partial charge in [0, 0.05) is 28.2 Å². The van der Waals surface area contributed by atoms with Crippen LogP contribution in [0.25, 0.3) is 0 Å². The average molecular weight is 648 g/mol. The minimum Gasteiger partial charge on any atom is -0.459 e. The molecule has 2 amide bonds. The van der Waals surface area contributed by atoms with Crippen LogP contribution < -0.4 is 10.7 Å². The van der Waals surface area contributed by atoms with Crippen molar-refractivity contribution in [2.75, 3.05) is 0 Å². The van der Waals surface area contributed by atoms with E-state index >= 15 is 0 Å². The summed E-state index contributed by atoms with van der Waals surface area (Å²) in [5, 5.41) is 7.55. The summed E-state index contributed by atoms with van der Waals surface area (Å²) in [5.74, 6) is -1.31. The SMILES string of the molecule is Cc1ccc(S(=O)(=O)N(Cc2ccc(/C=N/NC(=O)C(=O)NCc3ccc(Cl)cc3)o2)Cc2ccc(Cl)cc2Cl)cc1. The second kappa shape index (κ2) is 14.0. The molecule has 4 rings (SSSR count). The van der Waals surface area contributed by atoms with Crippen LogP contribution in [0.4, 0.5) is 0 Å². The van der Waals surface area contributed by atoms with E-state index in [2.05, 4.69) is 15.8 Å². The second-order valence-electron chi connectivity index (χ2n) is 9.13.